The van der Waals surface area contributed by atoms with E-state index in [1.165, 1.54) is 0 Å². The summed E-state index contributed by atoms with van der Waals surface area (Å²) >= 11 is 0. The summed E-state index contributed by atoms with van der Waals surface area (Å²) in [7, 11) is 1.90. The van der Waals surface area contributed by atoms with Gasteiger partial charge in [-0.05, 0) is 26.1 Å². The van der Waals surface area contributed by atoms with Crippen molar-refractivity contribution < 1.29 is 4.92 Å². The van der Waals surface area contributed by atoms with Crippen LogP contribution < -0.4 is 5.32 Å². The van der Waals surface area contributed by atoms with Gasteiger partial charge in [0, 0.05) is 29.6 Å². The lowest BCUT2D eigenvalue weighted by Crippen LogP contribution is -2.17. The fourth-order valence-corrected chi connectivity index (χ4v) is 2.12. The molecule has 19 heavy (non-hydrogen) atoms. The smallest absolute Gasteiger partial charge is 0.274 e. The highest BCUT2D eigenvalue weighted by molar-refractivity contribution is 5.40. The fraction of sp³-hybridized carbons (Fsp3) is 0.286. The van der Waals surface area contributed by atoms with E-state index in [1.54, 1.807) is 18.2 Å². The largest absolute Gasteiger partial charge is 0.345 e. The van der Waals surface area contributed by atoms with Crippen molar-refractivity contribution in [3.05, 3.63) is 64.0 Å². The molecule has 0 fully saturated rings. The summed E-state index contributed by atoms with van der Waals surface area (Å²) in [5.74, 6) is 0. The van der Waals surface area contributed by atoms with Crippen LogP contribution in [0.1, 0.15) is 24.2 Å². The van der Waals surface area contributed by atoms with E-state index in [1.807, 2.05) is 36.0 Å². The first-order valence-electron chi connectivity index (χ1n) is 6.18. The van der Waals surface area contributed by atoms with Gasteiger partial charge in [-0.25, -0.2) is 0 Å². The number of hydrogen-bond donors (Lipinski definition) is 1. The van der Waals surface area contributed by atoms with E-state index in [4.69, 9.17) is 0 Å². The van der Waals surface area contributed by atoms with Crippen LogP contribution in [0.4, 0.5) is 5.69 Å². The second kappa shape index (κ2) is 5.67. The van der Waals surface area contributed by atoms with Gasteiger partial charge in [-0.2, -0.15) is 0 Å². The van der Waals surface area contributed by atoms with Crippen LogP contribution in [-0.2, 0) is 6.54 Å². The number of aromatic nitrogens is 1. The predicted molar refractivity (Wildman–Crippen MR) is 74.1 cm³/mol. The van der Waals surface area contributed by atoms with Gasteiger partial charge in [-0.3, -0.25) is 10.1 Å². The van der Waals surface area contributed by atoms with Crippen molar-refractivity contribution in [3.63, 3.8) is 0 Å². The van der Waals surface area contributed by atoms with Gasteiger partial charge in [0.25, 0.3) is 5.69 Å². The van der Waals surface area contributed by atoms with Crippen LogP contribution in [0.25, 0.3) is 0 Å². The van der Waals surface area contributed by atoms with Crippen LogP contribution in [0.15, 0.2) is 42.6 Å². The van der Waals surface area contributed by atoms with Gasteiger partial charge in [0.2, 0.25) is 0 Å². The van der Waals surface area contributed by atoms with Crippen molar-refractivity contribution in [2.24, 2.45) is 0 Å². The summed E-state index contributed by atoms with van der Waals surface area (Å²) in [6.07, 6.45) is 1.94. The molecule has 1 atom stereocenters. The highest BCUT2D eigenvalue weighted by Crippen LogP contribution is 2.21. The van der Waals surface area contributed by atoms with Crippen molar-refractivity contribution in [1.82, 2.24) is 9.88 Å². The summed E-state index contributed by atoms with van der Waals surface area (Å²) in [5, 5.41) is 14.2. The molecular weight excluding hydrogens is 242 g/mol. The first kappa shape index (κ1) is 13.3. The Morgan fingerprint density at radius 1 is 1.32 bits per heavy atom. The zero-order valence-corrected chi connectivity index (χ0v) is 11.0. The molecule has 1 unspecified atom stereocenters. The maximum Gasteiger partial charge on any atom is 0.274 e. The Kier molecular flexibility index (Phi) is 3.97. The molecule has 0 aliphatic rings. The molecule has 5 nitrogen and oxygen atoms in total. The van der Waals surface area contributed by atoms with Crippen LogP contribution in [0, 0.1) is 10.1 Å². The normalized spacial score (nSPS) is 12.3. The van der Waals surface area contributed by atoms with Gasteiger partial charge in [-0.15, -0.1) is 0 Å². The molecule has 0 spiro atoms. The maximum atomic E-state index is 11.0. The second-order valence-corrected chi connectivity index (χ2v) is 4.46. The summed E-state index contributed by atoms with van der Waals surface area (Å²) in [5.41, 5.74) is 1.99. The predicted octanol–water partition coefficient (Wildman–Crippen LogP) is 2.73. The Balaban J connectivity index is 2.32. The zero-order chi connectivity index (χ0) is 13.8. The Labute approximate surface area is 112 Å². The summed E-state index contributed by atoms with van der Waals surface area (Å²) in [6.45, 7) is 2.57. The third-order valence-electron chi connectivity index (χ3n) is 3.27. The van der Waals surface area contributed by atoms with Gasteiger partial charge < -0.3 is 9.88 Å². The summed E-state index contributed by atoms with van der Waals surface area (Å²) in [6, 6.07) is 11.0. The second-order valence-electron chi connectivity index (χ2n) is 4.46. The first-order valence-corrected chi connectivity index (χ1v) is 6.18. The fourth-order valence-electron chi connectivity index (χ4n) is 2.12. The van der Waals surface area contributed by atoms with Gasteiger partial charge >= 0.3 is 0 Å². The third-order valence-corrected chi connectivity index (χ3v) is 3.27. The van der Waals surface area contributed by atoms with E-state index in [9.17, 15) is 10.1 Å². The van der Waals surface area contributed by atoms with Gasteiger partial charge in [0.15, 0.2) is 0 Å². The standard InChI is InChI=1S/C14H17N3O2/c1-11(15-2)13-8-5-9-16(13)10-12-6-3-4-7-14(12)17(18)19/h3-9,11,15H,10H2,1-2H3. The number of hydrogen-bond acceptors (Lipinski definition) is 3. The van der Waals surface area contributed by atoms with E-state index in [2.05, 4.69) is 12.2 Å². The highest BCUT2D eigenvalue weighted by atomic mass is 16.6. The van der Waals surface area contributed by atoms with Gasteiger partial charge in [0.1, 0.15) is 0 Å². The SMILES string of the molecule is CNC(C)c1cccn1Cc1ccccc1[N+](=O)[O-]. The Hall–Kier alpha value is -2.14. The number of nitrogens with one attached hydrogen (secondary N) is 1. The summed E-state index contributed by atoms with van der Waals surface area (Å²) < 4.78 is 2.03. The molecule has 2 rings (SSSR count). The molecule has 1 aromatic carbocycles. The third kappa shape index (κ3) is 2.82. The first-order chi connectivity index (χ1) is 9.13. The molecule has 0 bridgehead atoms. The van der Waals surface area contributed by atoms with Crippen molar-refractivity contribution in [2.45, 2.75) is 19.5 Å². The molecule has 100 valence electrons. The van der Waals surface area contributed by atoms with Crippen LogP contribution in [0.3, 0.4) is 0 Å². The molecule has 5 heteroatoms. The lowest BCUT2D eigenvalue weighted by atomic mass is 10.1. The minimum atomic E-state index is -0.333. The van der Waals surface area contributed by atoms with E-state index >= 15 is 0 Å². The average Bonchev–Trinajstić information content (AvgIpc) is 2.86. The number of nitrogens with zero attached hydrogens (tertiary/aromatic N) is 2. The molecule has 0 aliphatic carbocycles. The van der Waals surface area contributed by atoms with E-state index in [0.717, 1.165) is 5.69 Å². The Morgan fingerprint density at radius 2 is 2.05 bits per heavy atom. The maximum absolute atomic E-state index is 11.0. The highest BCUT2D eigenvalue weighted by Gasteiger charge is 2.14. The monoisotopic (exact) mass is 259 g/mol. The van der Waals surface area contributed by atoms with E-state index in [-0.39, 0.29) is 16.7 Å². The molecule has 0 aliphatic heterocycles. The molecule has 1 heterocycles. The molecule has 0 saturated heterocycles. The van der Waals surface area contributed by atoms with E-state index < -0.39 is 0 Å². The zero-order valence-electron chi connectivity index (χ0n) is 11.0. The molecule has 1 aromatic heterocycles. The number of benzene rings is 1. The van der Waals surface area contributed by atoms with Crippen LogP contribution in [0.5, 0.6) is 0 Å². The average molecular weight is 259 g/mol. The number of nitro benzene ring substituents is 1. The van der Waals surface area contributed by atoms with Crippen molar-refractivity contribution in [3.8, 4) is 0 Å². The van der Waals surface area contributed by atoms with E-state index in [0.29, 0.717) is 12.1 Å². The Bertz CT molecular complexity index is 578. The lowest BCUT2D eigenvalue weighted by Gasteiger charge is -2.15. The molecular formula is C14H17N3O2. The minimum absolute atomic E-state index is 0.166. The minimum Gasteiger partial charge on any atom is -0.345 e. The Morgan fingerprint density at radius 3 is 2.74 bits per heavy atom. The van der Waals surface area contributed by atoms with Crippen LogP contribution in [0.2, 0.25) is 0 Å². The number of para-hydroxylation sites is 1. The molecule has 0 radical (unpaired) electrons. The lowest BCUT2D eigenvalue weighted by molar-refractivity contribution is -0.385. The molecule has 2 aromatic rings. The number of nitro groups is 1. The van der Waals surface area contributed by atoms with Crippen molar-refractivity contribution >= 4 is 5.69 Å². The topological polar surface area (TPSA) is 60.1 Å². The molecule has 0 amide bonds. The molecule has 1 N–H and O–H groups in total. The van der Waals surface area contributed by atoms with Gasteiger partial charge in [0.05, 0.1) is 11.5 Å². The van der Waals surface area contributed by atoms with Crippen LogP contribution >= 0.6 is 0 Å². The summed E-state index contributed by atoms with van der Waals surface area (Å²) in [4.78, 5) is 10.7. The van der Waals surface area contributed by atoms with Crippen molar-refractivity contribution in [1.29, 1.82) is 0 Å². The number of rotatable bonds is 5. The van der Waals surface area contributed by atoms with Crippen molar-refractivity contribution in [2.75, 3.05) is 7.05 Å². The van der Waals surface area contributed by atoms with Crippen LogP contribution in [-0.4, -0.2) is 16.5 Å². The quantitative estimate of drug-likeness (QED) is 0.663. The molecule has 0 saturated carbocycles. The van der Waals surface area contributed by atoms with Gasteiger partial charge in [-0.1, -0.05) is 18.2 Å².